The van der Waals surface area contributed by atoms with Crippen molar-refractivity contribution in [1.82, 2.24) is 25.1 Å². The van der Waals surface area contributed by atoms with Gasteiger partial charge in [-0.2, -0.15) is 5.10 Å². The SMILES string of the molecule is CCOC(=O)C(CNC(=O)c1c(Cl)cc(-n2cnc(C)n2)cc1Cl)c1ccc(OC)nc1. The van der Waals surface area contributed by atoms with Crippen molar-refractivity contribution in [1.29, 1.82) is 0 Å². The Hall–Kier alpha value is -3.17. The van der Waals surface area contributed by atoms with Crippen LogP contribution in [0.3, 0.4) is 0 Å². The van der Waals surface area contributed by atoms with Crippen molar-refractivity contribution in [3.05, 3.63) is 63.8 Å². The Balaban J connectivity index is 1.80. The molecule has 3 rings (SSSR count). The fourth-order valence-electron chi connectivity index (χ4n) is 2.96. The number of aromatic nitrogens is 4. The van der Waals surface area contributed by atoms with Crippen molar-refractivity contribution in [3.8, 4) is 11.6 Å². The number of halogens is 2. The predicted octanol–water partition coefficient (Wildman–Crippen LogP) is 3.36. The maximum atomic E-state index is 12.9. The van der Waals surface area contributed by atoms with Gasteiger partial charge in [-0.25, -0.2) is 14.6 Å². The Morgan fingerprint density at radius 3 is 2.44 bits per heavy atom. The largest absolute Gasteiger partial charge is 0.481 e. The standard InChI is InChI=1S/C21H21Cl2N5O4/c1-4-32-21(30)15(13-5-6-18(31-3)24-9-13)10-25-20(29)19-16(22)7-14(8-17(19)23)28-11-26-12(2)27-28/h5-9,11,15H,4,10H2,1-3H3,(H,25,29). The van der Waals surface area contributed by atoms with E-state index in [4.69, 9.17) is 32.7 Å². The number of amides is 1. The maximum absolute atomic E-state index is 12.9. The van der Waals surface area contributed by atoms with Gasteiger partial charge in [-0.3, -0.25) is 9.59 Å². The average Bonchev–Trinajstić information content (AvgIpc) is 3.20. The molecule has 0 spiro atoms. The summed E-state index contributed by atoms with van der Waals surface area (Å²) in [6.45, 7) is 3.62. The van der Waals surface area contributed by atoms with E-state index < -0.39 is 17.8 Å². The number of rotatable bonds is 8. The second-order valence-corrected chi connectivity index (χ2v) is 7.48. The first-order chi connectivity index (χ1) is 15.3. The van der Waals surface area contributed by atoms with Gasteiger partial charge >= 0.3 is 5.97 Å². The van der Waals surface area contributed by atoms with Crippen LogP contribution in [0.5, 0.6) is 5.88 Å². The van der Waals surface area contributed by atoms with Crippen LogP contribution in [0.2, 0.25) is 10.0 Å². The van der Waals surface area contributed by atoms with Gasteiger partial charge in [0.15, 0.2) is 0 Å². The lowest BCUT2D eigenvalue weighted by molar-refractivity contribution is -0.144. The van der Waals surface area contributed by atoms with Gasteiger partial charge in [-0.05, 0) is 31.5 Å². The topological polar surface area (TPSA) is 108 Å². The second kappa shape index (κ2) is 10.4. The van der Waals surface area contributed by atoms with Crippen LogP contribution in [-0.2, 0) is 9.53 Å². The molecule has 3 aromatic rings. The van der Waals surface area contributed by atoms with Crippen LogP contribution < -0.4 is 10.1 Å². The molecule has 0 aliphatic carbocycles. The second-order valence-electron chi connectivity index (χ2n) is 6.67. The normalized spacial score (nSPS) is 11.7. The van der Waals surface area contributed by atoms with E-state index in [-0.39, 0.29) is 28.8 Å². The van der Waals surface area contributed by atoms with Gasteiger partial charge in [-0.15, -0.1) is 0 Å². The predicted molar refractivity (Wildman–Crippen MR) is 119 cm³/mol. The summed E-state index contributed by atoms with van der Waals surface area (Å²) in [6.07, 6.45) is 3.02. The summed E-state index contributed by atoms with van der Waals surface area (Å²) < 4.78 is 11.7. The van der Waals surface area contributed by atoms with Crippen LogP contribution in [0.1, 0.15) is 34.6 Å². The number of esters is 1. The molecule has 0 aliphatic heterocycles. The van der Waals surface area contributed by atoms with Crippen LogP contribution in [0.25, 0.3) is 5.69 Å². The molecule has 9 nitrogen and oxygen atoms in total. The summed E-state index contributed by atoms with van der Waals surface area (Å²) in [7, 11) is 1.49. The van der Waals surface area contributed by atoms with E-state index >= 15 is 0 Å². The van der Waals surface area contributed by atoms with Crippen molar-refractivity contribution in [3.63, 3.8) is 0 Å². The number of carbonyl (C=O) groups excluding carboxylic acids is 2. The fourth-order valence-corrected chi connectivity index (χ4v) is 3.61. The van der Waals surface area contributed by atoms with Gasteiger partial charge in [0.2, 0.25) is 5.88 Å². The molecule has 32 heavy (non-hydrogen) atoms. The molecule has 168 valence electrons. The number of carbonyl (C=O) groups is 2. The number of pyridine rings is 1. The molecule has 1 atom stereocenters. The maximum Gasteiger partial charge on any atom is 0.315 e. The van der Waals surface area contributed by atoms with Gasteiger partial charge in [0.25, 0.3) is 5.91 Å². The third-order valence-electron chi connectivity index (χ3n) is 4.53. The Kier molecular flexibility index (Phi) is 7.66. The van der Waals surface area contributed by atoms with Crippen molar-refractivity contribution in [2.24, 2.45) is 0 Å². The molecule has 1 unspecified atom stereocenters. The molecule has 0 bridgehead atoms. The highest BCUT2D eigenvalue weighted by molar-refractivity contribution is 6.40. The molecule has 11 heteroatoms. The highest BCUT2D eigenvalue weighted by Gasteiger charge is 2.25. The van der Waals surface area contributed by atoms with E-state index in [1.807, 2.05) is 0 Å². The number of methoxy groups -OCH3 is 1. The summed E-state index contributed by atoms with van der Waals surface area (Å²) >= 11 is 12.7. The van der Waals surface area contributed by atoms with E-state index in [2.05, 4.69) is 20.4 Å². The molecule has 0 saturated carbocycles. The minimum Gasteiger partial charge on any atom is -0.481 e. The van der Waals surface area contributed by atoms with Crippen LogP contribution in [0.15, 0.2) is 36.8 Å². The highest BCUT2D eigenvalue weighted by atomic mass is 35.5. The Bertz CT molecular complexity index is 1090. The third-order valence-corrected chi connectivity index (χ3v) is 5.13. The molecule has 2 heterocycles. The van der Waals surface area contributed by atoms with Crippen molar-refractivity contribution < 1.29 is 19.1 Å². The first kappa shape index (κ1) is 23.5. The molecule has 1 N–H and O–H groups in total. The lowest BCUT2D eigenvalue weighted by atomic mass is 10.0. The fraction of sp³-hybridized carbons (Fsp3) is 0.286. The summed E-state index contributed by atoms with van der Waals surface area (Å²) in [5, 5.41) is 7.18. The Morgan fingerprint density at radius 1 is 1.19 bits per heavy atom. The van der Waals surface area contributed by atoms with Crippen molar-refractivity contribution >= 4 is 35.1 Å². The lowest BCUT2D eigenvalue weighted by Crippen LogP contribution is -2.33. The van der Waals surface area contributed by atoms with Crippen LogP contribution in [0.4, 0.5) is 0 Å². The molecular weight excluding hydrogens is 457 g/mol. The zero-order valence-electron chi connectivity index (χ0n) is 17.6. The minimum atomic E-state index is -0.771. The van der Waals surface area contributed by atoms with Gasteiger partial charge in [0.05, 0.1) is 35.0 Å². The third kappa shape index (κ3) is 5.35. The van der Waals surface area contributed by atoms with Crippen LogP contribution >= 0.6 is 23.2 Å². The van der Waals surface area contributed by atoms with Gasteiger partial charge in [0, 0.05) is 18.8 Å². The number of benzene rings is 1. The van der Waals surface area contributed by atoms with Gasteiger partial charge in [0.1, 0.15) is 18.1 Å². The first-order valence-electron chi connectivity index (χ1n) is 9.66. The summed E-state index contributed by atoms with van der Waals surface area (Å²) in [4.78, 5) is 33.5. The molecule has 0 fully saturated rings. The minimum absolute atomic E-state index is 0.0393. The van der Waals surface area contributed by atoms with Gasteiger partial charge < -0.3 is 14.8 Å². The van der Waals surface area contributed by atoms with E-state index in [1.54, 1.807) is 38.1 Å². The molecule has 1 amide bonds. The number of hydrogen-bond acceptors (Lipinski definition) is 7. The monoisotopic (exact) mass is 477 g/mol. The van der Waals surface area contributed by atoms with Gasteiger partial charge in [-0.1, -0.05) is 29.3 Å². The number of nitrogens with zero attached hydrogens (tertiary/aromatic N) is 4. The quantitative estimate of drug-likeness (QED) is 0.495. The summed E-state index contributed by atoms with van der Waals surface area (Å²) in [5.41, 5.74) is 1.22. The van der Waals surface area contributed by atoms with Crippen molar-refractivity contribution in [2.45, 2.75) is 19.8 Å². The van der Waals surface area contributed by atoms with E-state index in [0.29, 0.717) is 23.0 Å². The van der Waals surface area contributed by atoms with Crippen LogP contribution in [-0.4, -0.2) is 51.9 Å². The average molecular weight is 478 g/mol. The van der Waals surface area contributed by atoms with Crippen molar-refractivity contribution in [2.75, 3.05) is 20.3 Å². The number of aryl methyl sites for hydroxylation is 1. The van der Waals surface area contributed by atoms with Crippen LogP contribution in [0, 0.1) is 6.92 Å². The Morgan fingerprint density at radius 2 is 1.91 bits per heavy atom. The number of hydrogen-bond donors (Lipinski definition) is 1. The van der Waals surface area contributed by atoms with E-state index in [9.17, 15) is 9.59 Å². The zero-order chi connectivity index (χ0) is 23.3. The smallest absolute Gasteiger partial charge is 0.315 e. The molecule has 1 aromatic carbocycles. The lowest BCUT2D eigenvalue weighted by Gasteiger charge is -2.17. The molecule has 0 saturated heterocycles. The molecule has 0 radical (unpaired) electrons. The Labute approximate surface area is 194 Å². The molecule has 2 aromatic heterocycles. The molecular formula is C21H21Cl2N5O4. The highest BCUT2D eigenvalue weighted by Crippen LogP contribution is 2.28. The molecule has 0 aliphatic rings. The summed E-state index contributed by atoms with van der Waals surface area (Å²) in [5.74, 6) is -0.808. The zero-order valence-corrected chi connectivity index (χ0v) is 19.1. The summed E-state index contributed by atoms with van der Waals surface area (Å²) in [6, 6.07) is 6.44. The number of nitrogens with one attached hydrogen (secondary N) is 1. The number of ether oxygens (including phenoxy) is 2. The first-order valence-corrected chi connectivity index (χ1v) is 10.4. The van der Waals surface area contributed by atoms with E-state index in [1.165, 1.54) is 24.3 Å². The van der Waals surface area contributed by atoms with E-state index in [0.717, 1.165) is 0 Å².